The number of aliphatic hydroxyl groups excluding tert-OH is 1. The lowest BCUT2D eigenvalue weighted by molar-refractivity contribution is 0.0185. The summed E-state index contributed by atoms with van der Waals surface area (Å²) in [5, 5.41) is 10.5. The van der Waals surface area contributed by atoms with Gasteiger partial charge in [0.25, 0.3) is 0 Å². The lowest BCUT2D eigenvalue weighted by Crippen LogP contribution is -2.48. The summed E-state index contributed by atoms with van der Waals surface area (Å²) in [6.45, 7) is 2.21. The minimum Gasteiger partial charge on any atom is -0.391 e. The standard InChI is InChI=1S/C16H21NO/c18-16-14-7-12-6-13(8-14)15(16)17(10-12)9-11-4-2-1-3-5-11/h1-5,12-16,18H,6-10H2/t12?,13?,14?,15?,16-/m0/s1. The highest BCUT2D eigenvalue weighted by Gasteiger charge is 2.53. The van der Waals surface area contributed by atoms with Crippen molar-refractivity contribution < 1.29 is 5.11 Å². The van der Waals surface area contributed by atoms with Gasteiger partial charge < -0.3 is 5.11 Å². The predicted octanol–water partition coefficient (Wildman–Crippen LogP) is 2.28. The van der Waals surface area contributed by atoms with E-state index in [1.165, 1.54) is 31.4 Å². The van der Waals surface area contributed by atoms with Crippen LogP contribution in [0, 0.1) is 17.8 Å². The Balaban J connectivity index is 1.59. The quantitative estimate of drug-likeness (QED) is 0.861. The van der Waals surface area contributed by atoms with Crippen LogP contribution >= 0.6 is 0 Å². The third-order valence-corrected chi connectivity index (χ3v) is 5.34. The summed E-state index contributed by atoms with van der Waals surface area (Å²) in [4.78, 5) is 2.56. The Bertz CT molecular complexity index is 428. The van der Waals surface area contributed by atoms with Crippen LogP contribution in [0.1, 0.15) is 24.8 Å². The van der Waals surface area contributed by atoms with Crippen LogP contribution in [0.25, 0.3) is 0 Å². The topological polar surface area (TPSA) is 23.5 Å². The number of fused-ring (bicyclic) bond motifs is 2. The zero-order valence-corrected chi connectivity index (χ0v) is 10.7. The first-order chi connectivity index (χ1) is 8.81. The summed E-state index contributed by atoms with van der Waals surface area (Å²) in [7, 11) is 0. The molecule has 2 nitrogen and oxygen atoms in total. The van der Waals surface area contributed by atoms with E-state index in [0.29, 0.717) is 12.0 Å². The van der Waals surface area contributed by atoms with E-state index in [0.717, 1.165) is 18.4 Å². The number of rotatable bonds is 2. The second-order valence-electron chi connectivity index (χ2n) is 6.49. The summed E-state index contributed by atoms with van der Waals surface area (Å²) in [6, 6.07) is 11.1. The van der Waals surface area contributed by atoms with Crippen molar-refractivity contribution in [2.24, 2.45) is 17.8 Å². The van der Waals surface area contributed by atoms with Crippen molar-refractivity contribution in [3.05, 3.63) is 35.9 Å². The van der Waals surface area contributed by atoms with Gasteiger partial charge in [0, 0.05) is 19.1 Å². The van der Waals surface area contributed by atoms with E-state index in [-0.39, 0.29) is 6.10 Å². The molecular weight excluding hydrogens is 222 g/mol. The highest BCUT2D eigenvalue weighted by atomic mass is 16.3. The van der Waals surface area contributed by atoms with Crippen LogP contribution in [0.4, 0.5) is 0 Å². The summed E-state index contributed by atoms with van der Waals surface area (Å²) < 4.78 is 0. The van der Waals surface area contributed by atoms with E-state index >= 15 is 0 Å². The first-order valence-corrected chi connectivity index (χ1v) is 7.27. The van der Waals surface area contributed by atoms with E-state index < -0.39 is 0 Å². The van der Waals surface area contributed by atoms with Crippen LogP contribution in [0.2, 0.25) is 0 Å². The van der Waals surface area contributed by atoms with Crippen molar-refractivity contribution in [2.75, 3.05) is 6.54 Å². The molecule has 1 heterocycles. The number of likely N-dealkylation sites (tertiary alicyclic amines) is 1. The number of aliphatic hydroxyl groups is 1. The molecule has 3 bridgehead atoms. The normalized spacial score (nSPS) is 42.4. The molecule has 18 heavy (non-hydrogen) atoms. The smallest absolute Gasteiger partial charge is 0.0726 e. The molecule has 2 aliphatic carbocycles. The molecule has 1 N–H and O–H groups in total. The number of benzene rings is 1. The predicted molar refractivity (Wildman–Crippen MR) is 71.0 cm³/mol. The molecule has 0 amide bonds. The van der Waals surface area contributed by atoms with Crippen molar-refractivity contribution in [2.45, 2.75) is 38.0 Å². The van der Waals surface area contributed by atoms with Crippen LogP contribution in [0.3, 0.4) is 0 Å². The maximum Gasteiger partial charge on any atom is 0.0726 e. The molecule has 4 unspecified atom stereocenters. The van der Waals surface area contributed by atoms with Crippen LogP contribution in [-0.2, 0) is 6.54 Å². The SMILES string of the molecule is O[C@H]1C2CC3CC(C2)C1N(Cc1ccccc1)C3. The van der Waals surface area contributed by atoms with Gasteiger partial charge in [0.2, 0.25) is 0 Å². The van der Waals surface area contributed by atoms with Gasteiger partial charge in [-0.05, 0) is 42.6 Å². The van der Waals surface area contributed by atoms with Gasteiger partial charge in [0.1, 0.15) is 0 Å². The molecule has 0 spiro atoms. The van der Waals surface area contributed by atoms with Crippen molar-refractivity contribution in [1.29, 1.82) is 0 Å². The molecule has 3 fully saturated rings. The van der Waals surface area contributed by atoms with Gasteiger partial charge in [0.05, 0.1) is 6.10 Å². The van der Waals surface area contributed by atoms with E-state index in [1.807, 2.05) is 0 Å². The van der Waals surface area contributed by atoms with Crippen LogP contribution in [0.5, 0.6) is 0 Å². The Morgan fingerprint density at radius 1 is 1.06 bits per heavy atom. The van der Waals surface area contributed by atoms with Crippen molar-refractivity contribution >= 4 is 0 Å². The molecule has 0 radical (unpaired) electrons. The number of hydrogen-bond acceptors (Lipinski definition) is 2. The molecule has 1 saturated heterocycles. The molecule has 0 aromatic heterocycles. The third kappa shape index (κ3) is 1.63. The fraction of sp³-hybridized carbons (Fsp3) is 0.625. The van der Waals surface area contributed by atoms with Gasteiger partial charge in [-0.2, -0.15) is 0 Å². The number of piperidine rings is 1. The molecule has 1 aromatic rings. The summed E-state index contributed by atoms with van der Waals surface area (Å²) in [6.07, 6.45) is 3.84. The highest BCUT2D eigenvalue weighted by Crippen LogP contribution is 2.51. The molecule has 2 heteroatoms. The molecule has 96 valence electrons. The lowest BCUT2D eigenvalue weighted by atomic mass is 9.78. The molecule has 3 aliphatic rings. The first-order valence-electron chi connectivity index (χ1n) is 7.27. The second kappa shape index (κ2) is 4.07. The van der Waals surface area contributed by atoms with E-state index in [9.17, 15) is 5.11 Å². The highest BCUT2D eigenvalue weighted by molar-refractivity contribution is 5.16. The fourth-order valence-electron chi connectivity index (χ4n) is 4.75. The summed E-state index contributed by atoms with van der Waals surface area (Å²) in [5.41, 5.74) is 1.38. The van der Waals surface area contributed by atoms with E-state index in [1.54, 1.807) is 0 Å². The average molecular weight is 243 g/mol. The Kier molecular flexibility index (Phi) is 2.49. The van der Waals surface area contributed by atoms with Gasteiger partial charge in [-0.25, -0.2) is 0 Å². The Labute approximate surface area is 109 Å². The number of nitrogens with zero attached hydrogens (tertiary/aromatic N) is 1. The molecule has 5 atom stereocenters. The minimum absolute atomic E-state index is 0.0637. The van der Waals surface area contributed by atoms with Gasteiger partial charge in [0.15, 0.2) is 0 Å². The largest absolute Gasteiger partial charge is 0.391 e. The molecule has 1 aromatic carbocycles. The van der Waals surface area contributed by atoms with Gasteiger partial charge >= 0.3 is 0 Å². The van der Waals surface area contributed by atoms with Crippen molar-refractivity contribution in [3.63, 3.8) is 0 Å². The van der Waals surface area contributed by atoms with E-state index in [2.05, 4.69) is 35.2 Å². The maximum atomic E-state index is 10.5. The van der Waals surface area contributed by atoms with Gasteiger partial charge in [-0.3, -0.25) is 4.90 Å². The monoisotopic (exact) mass is 243 g/mol. The zero-order chi connectivity index (χ0) is 12.1. The average Bonchev–Trinajstić information content (AvgIpc) is 2.55. The van der Waals surface area contributed by atoms with Crippen LogP contribution in [0.15, 0.2) is 30.3 Å². The van der Waals surface area contributed by atoms with E-state index in [4.69, 9.17) is 0 Å². The Morgan fingerprint density at radius 2 is 1.83 bits per heavy atom. The fourth-order valence-corrected chi connectivity index (χ4v) is 4.75. The molecule has 4 rings (SSSR count). The van der Waals surface area contributed by atoms with Gasteiger partial charge in [-0.15, -0.1) is 0 Å². The first kappa shape index (κ1) is 11.0. The molecule has 2 saturated carbocycles. The minimum atomic E-state index is -0.0637. The van der Waals surface area contributed by atoms with Gasteiger partial charge in [-0.1, -0.05) is 30.3 Å². The Morgan fingerprint density at radius 3 is 2.67 bits per heavy atom. The molecular formula is C16H21NO. The number of hydrogen-bond donors (Lipinski definition) is 1. The third-order valence-electron chi connectivity index (χ3n) is 5.34. The summed E-state index contributed by atoms with van der Waals surface area (Å²) >= 11 is 0. The van der Waals surface area contributed by atoms with Crippen molar-refractivity contribution in [1.82, 2.24) is 4.90 Å². The second-order valence-corrected chi connectivity index (χ2v) is 6.49. The maximum absolute atomic E-state index is 10.5. The zero-order valence-electron chi connectivity index (χ0n) is 10.7. The lowest BCUT2D eigenvalue weighted by Gasteiger charge is -2.42. The van der Waals surface area contributed by atoms with Crippen LogP contribution in [-0.4, -0.2) is 28.7 Å². The Hall–Kier alpha value is -0.860. The summed E-state index contributed by atoms with van der Waals surface area (Å²) in [5.74, 6) is 2.20. The van der Waals surface area contributed by atoms with Crippen molar-refractivity contribution in [3.8, 4) is 0 Å². The van der Waals surface area contributed by atoms with Crippen LogP contribution < -0.4 is 0 Å². The molecule has 1 aliphatic heterocycles.